The van der Waals surface area contributed by atoms with Crippen molar-refractivity contribution in [3.05, 3.63) is 23.5 Å². The second-order valence-corrected chi connectivity index (χ2v) is 2.87. The monoisotopic (exact) mass is 162 g/mol. The Morgan fingerprint density at radius 1 is 0.917 bits per heavy atom. The third kappa shape index (κ3) is 1.11. The van der Waals surface area contributed by atoms with Crippen molar-refractivity contribution in [2.45, 2.75) is 13.8 Å². The third-order valence-corrected chi connectivity index (χ3v) is 1.67. The maximum atomic E-state index is 4.09. The molecule has 0 spiro atoms. The van der Waals surface area contributed by atoms with Gasteiger partial charge < -0.3 is 0 Å². The van der Waals surface area contributed by atoms with Crippen LogP contribution in [0.4, 0.5) is 0 Å². The Bertz CT molecular complexity index is 347. The smallest absolute Gasteiger partial charge is 0.113 e. The average Bonchev–Trinajstić information content (AvgIpc) is 2.58. The van der Waals surface area contributed by atoms with Crippen LogP contribution in [0.15, 0.2) is 12.1 Å². The molecule has 2 rings (SSSR count). The number of aryl methyl sites for hydroxylation is 2. The number of aromatic amines is 2. The molecule has 0 aliphatic rings. The zero-order valence-electron chi connectivity index (χ0n) is 7.05. The van der Waals surface area contributed by atoms with Gasteiger partial charge >= 0.3 is 0 Å². The van der Waals surface area contributed by atoms with Crippen LogP contribution in [0.3, 0.4) is 0 Å². The highest BCUT2D eigenvalue weighted by Gasteiger charge is 2.03. The van der Waals surface area contributed by atoms with Crippen LogP contribution in [-0.2, 0) is 0 Å². The Balaban J connectivity index is 2.43. The fraction of sp³-hybridized carbons (Fsp3) is 0.250. The molecule has 12 heavy (non-hydrogen) atoms. The van der Waals surface area contributed by atoms with Crippen molar-refractivity contribution in [1.82, 2.24) is 20.4 Å². The molecular weight excluding hydrogens is 152 g/mol. The van der Waals surface area contributed by atoms with Gasteiger partial charge in [0.1, 0.15) is 11.4 Å². The van der Waals surface area contributed by atoms with Gasteiger partial charge in [0.05, 0.1) is 0 Å². The summed E-state index contributed by atoms with van der Waals surface area (Å²) in [6.07, 6.45) is 0. The van der Waals surface area contributed by atoms with Crippen LogP contribution < -0.4 is 0 Å². The van der Waals surface area contributed by atoms with Gasteiger partial charge in [-0.15, -0.1) is 0 Å². The molecule has 2 N–H and O–H groups in total. The third-order valence-electron chi connectivity index (χ3n) is 1.67. The SMILES string of the molecule is Cc1cc(-c2cc(C)[nH]n2)n[nH]1. The minimum Gasteiger partial charge on any atom is -0.282 e. The second-order valence-electron chi connectivity index (χ2n) is 2.87. The molecule has 0 fully saturated rings. The predicted octanol–water partition coefficient (Wildman–Crippen LogP) is 1.42. The van der Waals surface area contributed by atoms with E-state index in [0.717, 1.165) is 22.8 Å². The molecule has 0 aliphatic carbocycles. The van der Waals surface area contributed by atoms with E-state index in [9.17, 15) is 0 Å². The van der Waals surface area contributed by atoms with E-state index >= 15 is 0 Å². The molecule has 4 nitrogen and oxygen atoms in total. The van der Waals surface area contributed by atoms with Crippen molar-refractivity contribution in [2.75, 3.05) is 0 Å². The van der Waals surface area contributed by atoms with E-state index in [4.69, 9.17) is 0 Å². The summed E-state index contributed by atoms with van der Waals surface area (Å²) in [6, 6.07) is 3.94. The molecule has 0 bridgehead atoms. The van der Waals surface area contributed by atoms with Crippen LogP contribution in [0.5, 0.6) is 0 Å². The van der Waals surface area contributed by atoms with Crippen LogP contribution in [-0.4, -0.2) is 20.4 Å². The molecule has 0 aromatic carbocycles. The first-order valence-corrected chi connectivity index (χ1v) is 3.80. The molecular formula is C8H10N4. The molecule has 0 saturated heterocycles. The van der Waals surface area contributed by atoms with Gasteiger partial charge in [-0.3, -0.25) is 10.2 Å². The summed E-state index contributed by atoms with van der Waals surface area (Å²) in [4.78, 5) is 0. The van der Waals surface area contributed by atoms with Crippen molar-refractivity contribution in [3.63, 3.8) is 0 Å². The van der Waals surface area contributed by atoms with Crippen molar-refractivity contribution >= 4 is 0 Å². The first-order chi connectivity index (χ1) is 5.75. The first-order valence-electron chi connectivity index (χ1n) is 3.80. The highest BCUT2D eigenvalue weighted by Crippen LogP contribution is 2.14. The molecule has 2 aromatic heterocycles. The second kappa shape index (κ2) is 2.48. The Hall–Kier alpha value is -1.58. The topological polar surface area (TPSA) is 57.4 Å². The summed E-state index contributed by atoms with van der Waals surface area (Å²) in [5.41, 5.74) is 3.87. The molecule has 0 saturated carbocycles. The van der Waals surface area contributed by atoms with Gasteiger partial charge in [-0.2, -0.15) is 10.2 Å². The first kappa shape index (κ1) is 7.09. The van der Waals surface area contributed by atoms with E-state index in [2.05, 4.69) is 20.4 Å². The van der Waals surface area contributed by atoms with E-state index in [1.54, 1.807) is 0 Å². The maximum Gasteiger partial charge on any atom is 0.113 e. The van der Waals surface area contributed by atoms with Crippen molar-refractivity contribution in [3.8, 4) is 11.4 Å². The molecule has 0 unspecified atom stereocenters. The van der Waals surface area contributed by atoms with E-state index < -0.39 is 0 Å². The Morgan fingerprint density at radius 3 is 1.58 bits per heavy atom. The number of aromatic nitrogens is 4. The maximum absolute atomic E-state index is 4.09. The normalized spacial score (nSPS) is 10.5. The molecule has 0 radical (unpaired) electrons. The fourth-order valence-corrected chi connectivity index (χ4v) is 1.10. The molecule has 0 atom stereocenters. The van der Waals surface area contributed by atoms with Crippen molar-refractivity contribution < 1.29 is 0 Å². The van der Waals surface area contributed by atoms with Crippen LogP contribution in [0.1, 0.15) is 11.4 Å². The lowest BCUT2D eigenvalue weighted by Gasteiger charge is -1.82. The van der Waals surface area contributed by atoms with Gasteiger partial charge in [-0.25, -0.2) is 0 Å². The quantitative estimate of drug-likeness (QED) is 0.666. The summed E-state index contributed by atoms with van der Waals surface area (Å²) in [5, 5.41) is 13.9. The lowest BCUT2D eigenvalue weighted by molar-refractivity contribution is 1.02. The molecule has 0 aliphatic heterocycles. The van der Waals surface area contributed by atoms with Crippen LogP contribution in [0.25, 0.3) is 11.4 Å². The standard InChI is InChI=1S/C8H10N4/c1-5-3-7(11-9-5)8-4-6(2)10-12-8/h3-4H,1-2H3,(H,9,11)(H,10,12). The predicted molar refractivity (Wildman–Crippen MR) is 45.6 cm³/mol. The average molecular weight is 162 g/mol. The summed E-state index contributed by atoms with van der Waals surface area (Å²) in [6.45, 7) is 3.94. The zero-order chi connectivity index (χ0) is 8.55. The van der Waals surface area contributed by atoms with Gasteiger partial charge in [-0.1, -0.05) is 0 Å². The lowest BCUT2D eigenvalue weighted by Crippen LogP contribution is -1.76. The Labute approximate surface area is 70.0 Å². The number of nitrogens with one attached hydrogen (secondary N) is 2. The lowest BCUT2D eigenvalue weighted by atomic mass is 10.3. The van der Waals surface area contributed by atoms with Crippen LogP contribution in [0, 0.1) is 13.8 Å². The summed E-state index contributed by atoms with van der Waals surface area (Å²) < 4.78 is 0. The Kier molecular flexibility index (Phi) is 1.46. The zero-order valence-corrected chi connectivity index (χ0v) is 7.05. The Morgan fingerprint density at radius 2 is 1.33 bits per heavy atom. The number of nitrogens with zero attached hydrogens (tertiary/aromatic N) is 2. The number of rotatable bonds is 1. The van der Waals surface area contributed by atoms with Crippen molar-refractivity contribution in [2.24, 2.45) is 0 Å². The van der Waals surface area contributed by atoms with Gasteiger partial charge in [-0.05, 0) is 26.0 Å². The number of H-pyrrole nitrogens is 2. The number of hydrogen-bond donors (Lipinski definition) is 2. The summed E-state index contributed by atoms with van der Waals surface area (Å²) in [7, 11) is 0. The van der Waals surface area contributed by atoms with Gasteiger partial charge in [0.25, 0.3) is 0 Å². The van der Waals surface area contributed by atoms with Gasteiger partial charge in [0.2, 0.25) is 0 Å². The largest absolute Gasteiger partial charge is 0.282 e. The summed E-state index contributed by atoms with van der Waals surface area (Å²) >= 11 is 0. The molecule has 62 valence electrons. The molecule has 4 heteroatoms. The molecule has 2 aromatic rings. The van der Waals surface area contributed by atoms with Gasteiger partial charge in [0.15, 0.2) is 0 Å². The molecule has 0 amide bonds. The van der Waals surface area contributed by atoms with Crippen LogP contribution >= 0.6 is 0 Å². The van der Waals surface area contributed by atoms with E-state index in [1.165, 1.54) is 0 Å². The van der Waals surface area contributed by atoms with Crippen LogP contribution in [0.2, 0.25) is 0 Å². The fourth-order valence-electron chi connectivity index (χ4n) is 1.10. The summed E-state index contributed by atoms with van der Waals surface area (Å²) in [5.74, 6) is 0. The van der Waals surface area contributed by atoms with E-state index in [1.807, 2.05) is 26.0 Å². The van der Waals surface area contributed by atoms with Crippen molar-refractivity contribution in [1.29, 1.82) is 0 Å². The van der Waals surface area contributed by atoms with E-state index in [0.29, 0.717) is 0 Å². The highest BCUT2D eigenvalue weighted by atomic mass is 15.2. The van der Waals surface area contributed by atoms with E-state index in [-0.39, 0.29) is 0 Å². The minimum absolute atomic E-state index is 0.886. The number of hydrogen-bond acceptors (Lipinski definition) is 2. The minimum atomic E-state index is 0.886. The highest BCUT2D eigenvalue weighted by molar-refractivity contribution is 5.54. The van der Waals surface area contributed by atoms with Gasteiger partial charge in [0, 0.05) is 11.4 Å². The molecule has 2 heterocycles.